The van der Waals surface area contributed by atoms with Gasteiger partial charge in [0.05, 0.1) is 16.6 Å². The molecule has 0 saturated heterocycles. The van der Waals surface area contributed by atoms with Gasteiger partial charge in [-0.3, -0.25) is 9.36 Å². The van der Waals surface area contributed by atoms with Crippen LogP contribution in [0, 0.1) is 0 Å². The van der Waals surface area contributed by atoms with E-state index in [1.165, 1.54) is 0 Å². The van der Waals surface area contributed by atoms with Gasteiger partial charge in [0, 0.05) is 6.20 Å². The predicted octanol–water partition coefficient (Wildman–Crippen LogP) is 2.85. The molecule has 2 aromatic heterocycles. The first kappa shape index (κ1) is 21.9. The summed E-state index contributed by atoms with van der Waals surface area (Å²) in [6.07, 6.45) is 5.53. The lowest BCUT2D eigenvalue weighted by Gasteiger charge is -2.09. The average molecular weight is 430 g/mol. The zero-order valence-corrected chi connectivity index (χ0v) is 16.6. The van der Waals surface area contributed by atoms with Crippen LogP contribution in [0.2, 0.25) is 0 Å². The van der Waals surface area contributed by atoms with Gasteiger partial charge in [0.25, 0.3) is 5.91 Å². The zero-order chi connectivity index (χ0) is 23.1. The maximum atomic E-state index is 11.9. The van der Waals surface area contributed by atoms with Gasteiger partial charge in [-0.1, -0.05) is 48.5 Å². The fraction of sp³-hybridized carbons (Fsp3) is 0. The van der Waals surface area contributed by atoms with Crippen molar-refractivity contribution in [3.63, 3.8) is 0 Å². The highest BCUT2D eigenvalue weighted by Gasteiger charge is 2.16. The molecule has 4 N–H and O–H groups in total. The lowest BCUT2D eigenvalue weighted by Crippen LogP contribution is -2.16. The summed E-state index contributed by atoms with van der Waals surface area (Å²) < 4.78 is 1.86. The number of nitrogens with zero attached hydrogens (tertiary/aromatic N) is 3. The molecule has 4 aromatic rings. The van der Waals surface area contributed by atoms with E-state index >= 15 is 0 Å². The summed E-state index contributed by atoms with van der Waals surface area (Å²) in [6.45, 7) is 0. The molecule has 1 amide bonds. The number of benzene rings is 2. The van der Waals surface area contributed by atoms with Crippen molar-refractivity contribution in [1.82, 2.24) is 14.5 Å². The number of aliphatic carboxylic acids is 2. The number of hydrogen-bond donors (Lipinski definition) is 3. The standard InChI is InChI=1S/C21H16N4O.C2H2O4/c22-20(26)16-9-6-14-23-21(16)25-18-11-5-4-10-17(18)24-19(25)13-12-15-7-2-1-3-8-15;3-1(4)2(5)6/h1-14H,(H2,22,26);(H,3,4)(H,5,6). The highest BCUT2D eigenvalue weighted by Crippen LogP contribution is 2.23. The van der Waals surface area contributed by atoms with Crippen LogP contribution in [0.1, 0.15) is 21.7 Å². The van der Waals surface area contributed by atoms with Crippen molar-refractivity contribution in [2.24, 2.45) is 5.73 Å². The SMILES string of the molecule is NC(=O)c1cccnc1-n1c(C=Cc2ccccc2)nc2ccccc21.O=C(O)C(=O)O. The summed E-state index contributed by atoms with van der Waals surface area (Å²) in [7, 11) is 0. The van der Waals surface area contributed by atoms with Crippen LogP contribution in [0.5, 0.6) is 0 Å². The van der Waals surface area contributed by atoms with Crippen molar-refractivity contribution in [3.05, 3.63) is 89.9 Å². The molecule has 4 rings (SSSR count). The van der Waals surface area contributed by atoms with Crippen LogP contribution >= 0.6 is 0 Å². The quantitative estimate of drug-likeness (QED) is 0.422. The topological polar surface area (TPSA) is 148 Å². The molecule has 0 aliphatic heterocycles. The Bertz CT molecular complexity index is 1300. The Labute approximate surface area is 182 Å². The summed E-state index contributed by atoms with van der Waals surface area (Å²) in [5, 5.41) is 14.8. The van der Waals surface area contributed by atoms with Crippen LogP contribution < -0.4 is 5.73 Å². The average Bonchev–Trinajstić information content (AvgIpc) is 3.17. The van der Waals surface area contributed by atoms with Crippen LogP contribution in [-0.4, -0.2) is 42.6 Å². The first-order chi connectivity index (χ1) is 15.4. The molecule has 0 bridgehead atoms. The van der Waals surface area contributed by atoms with Crippen molar-refractivity contribution in [2.75, 3.05) is 0 Å². The molecular weight excluding hydrogens is 412 g/mol. The van der Waals surface area contributed by atoms with Crippen molar-refractivity contribution < 1.29 is 24.6 Å². The molecule has 0 atom stereocenters. The van der Waals surface area contributed by atoms with Crippen molar-refractivity contribution in [1.29, 1.82) is 0 Å². The smallest absolute Gasteiger partial charge is 0.414 e. The lowest BCUT2D eigenvalue weighted by molar-refractivity contribution is -0.159. The number of carbonyl (C=O) groups is 3. The summed E-state index contributed by atoms with van der Waals surface area (Å²) >= 11 is 0. The van der Waals surface area contributed by atoms with Crippen LogP contribution in [0.3, 0.4) is 0 Å². The molecule has 0 aliphatic rings. The number of carboxylic acid groups (broad SMARTS) is 2. The number of para-hydroxylation sites is 2. The molecule has 0 spiro atoms. The van der Waals surface area contributed by atoms with E-state index < -0.39 is 17.8 Å². The van der Waals surface area contributed by atoms with Gasteiger partial charge in [-0.15, -0.1) is 0 Å². The van der Waals surface area contributed by atoms with Crippen molar-refractivity contribution in [2.45, 2.75) is 0 Å². The largest absolute Gasteiger partial charge is 0.473 e. The Morgan fingerprint density at radius 3 is 2.16 bits per heavy atom. The molecule has 0 unspecified atom stereocenters. The minimum absolute atomic E-state index is 0.352. The Balaban J connectivity index is 0.000000427. The van der Waals surface area contributed by atoms with Crippen LogP contribution in [-0.2, 0) is 9.59 Å². The van der Waals surface area contributed by atoms with Gasteiger partial charge in [-0.25, -0.2) is 19.6 Å². The molecule has 0 radical (unpaired) electrons. The van der Waals surface area contributed by atoms with E-state index in [1.807, 2.05) is 71.3 Å². The minimum Gasteiger partial charge on any atom is -0.473 e. The fourth-order valence-corrected chi connectivity index (χ4v) is 2.88. The molecule has 2 heterocycles. The van der Waals surface area contributed by atoms with Gasteiger partial charge in [0.15, 0.2) is 5.82 Å². The van der Waals surface area contributed by atoms with E-state index in [0.29, 0.717) is 17.2 Å². The molecule has 32 heavy (non-hydrogen) atoms. The van der Waals surface area contributed by atoms with E-state index in [0.717, 1.165) is 16.6 Å². The Kier molecular flexibility index (Phi) is 6.72. The predicted molar refractivity (Wildman–Crippen MR) is 118 cm³/mol. The number of amides is 1. The maximum absolute atomic E-state index is 11.9. The van der Waals surface area contributed by atoms with E-state index in [4.69, 9.17) is 25.5 Å². The molecule has 2 aromatic carbocycles. The maximum Gasteiger partial charge on any atom is 0.414 e. The van der Waals surface area contributed by atoms with Crippen LogP contribution in [0.25, 0.3) is 29.0 Å². The van der Waals surface area contributed by atoms with Gasteiger partial charge in [0.1, 0.15) is 5.82 Å². The molecular formula is C23H18N4O5. The summed E-state index contributed by atoms with van der Waals surface area (Å²) in [4.78, 5) is 39.2. The second-order valence-corrected chi connectivity index (χ2v) is 6.39. The monoisotopic (exact) mass is 430 g/mol. The minimum atomic E-state index is -1.82. The van der Waals surface area contributed by atoms with Crippen molar-refractivity contribution in [3.8, 4) is 5.82 Å². The molecule has 0 aliphatic carbocycles. The molecule has 9 heteroatoms. The van der Waals surface area contributed by atoms with Crippen LogP contribution in [0.4, 0.5) is 0 Å². The molecule has 0 fully saturated rings. The first-order valence-electron chi connectivity index (χ1n) is 9.30. The number of fused-ring (bicyclic) bond motifs is 1. The first-order valence-corrected chi connectivity index (χ1v) is 9.30. The number of aromatic nitrogens is 3. The number of nitrogens with two attached hydrogens (primary N) is 1. The Hall–Kier alpha value is -4.79. The number of pyridine rings is 1. The second kappa shape index (κ2) is 9.81. The molecule has 0 saturated carbocycles. The Morgan fingerprint density at radius 2 is 1.50 bits per heavy atom. The normalized spacial score (nSPS) is 10.5. The summed E-state index contributed by atoms with van der Waals surface area (Å²) in [5.74, 6) is -3.02. The van der Waals surface area contributed by atoms with E-state index in [-0.39, 0.29) is 0 Å². The third kappa shape index (κ3) is 5.03. The Morgan fingerprint density at radius 1 is 0.844 bits per heavy atom. The van der Waals surface area contributed by atoms with Gasteiger partial charge in [0.2, 0.25) is 0 Å². The number of hydrogen-bond acceptors (Lipinski definition) is 5. The lowest BCUT2D eigenvalue weighted by atomic mass is 10.2. The van der Waals surface area contributed by atoms with Gasteiger partial charge < -0.3 is 15.9 Å². The molecule has 160 valence electrons. The van der Waals surface area contributed by atoms with Gasteiger partial charge >= 0.3 is 11.9 Å². The third-order valence-electron chi connectivity index (χ3n) is 4.26. The summed E-state index contributed by atoms with van der Waals surface area (Å²) in [6, 6.07) is 21.1. The third-order valence-corrected chi connectivity index (χ3v) is 4.26. The number of carboxylic acids is 2. The number of primary amides is 1. The summed E-state index contributed by atoms with van der Waals surface area (Å²) in [5.41, 5.74) is 8.64. The van der Waals surface area contributed by atoms with E-state index in [9.17, 15) is 4.79 Å². The highest BCUT2D eigenvalue weighted by molar-refractivity contribution is 6.27. The second-order valence-electron chi connectivity index (χ2n) is 6.39. The van der Waals surface area contributed by atoms with Crippen molar-refractivity contribution >= 4 is 41.0 Å². The van der Waals surface area contributed by atoms with E-state index in [1.54, 1.807) is 18.3 Å². The number of carbonyl (C=O) groups excluding carboxylic acids is 1. The van der Waals surface area contributed by atoms with Gasteiger partial charge in [-0.2, -0.15) is 0 Å². The number of imidazole rings is 1. The van der Waals surface area contributed by atoms with Gasteiger partial charge in [-0.05, 0) is 35.9 Å². The molecule has 9 nitrogen and oxygen atoms in total. The van der Waals surface area contributed by atoms with E-state index in [2.05, 4.69) is 9.97 Å². The number of rotatable bonds is 4. The zero-order valence-electron chi connectivity index (χ0n) is 16.6. The highest BCUT2D eigenvalue weighted by atomic mass is 16.4. The van der Waals surface area contributed by atoms with Crippen LogP contribution in [0.15, 0.2) is 72.9 Å². The fourth-order valence-electron chi connectivity index (χ4n) is 2.88.